The maximum atomic E-state index is 12.0. The summed E-state index contributed by atoms with van der Waals surface area (Å²) in [6.45, 7) is 11.0. The predicted octanol–water partition coefficient (Wildman–Crippen LogP) is 4.04. The van der Waals surface area contributed by atoms with Crippen LogP contribution < -0.4 is 0 Å². The van der Waals surface area contributed by atoms with Crippen molar-refractivity contribution < 1.29 is 38.1 Å². The summed E-state index contributed by atoms with van der Waals surface area (Å²) in [5, 5.41) is 0. The van der Waals surface area contributed by atoms with Crippen LogP contribution >= 0.6 is 0 Å². The van der Waals surface area contributed by atoms with Crippen LogP contribution in [0.3, 0.4) is 0 Å². The molecule has 0 bridgehead atoms. The fourth-order valence-corrected chi connectivity index (χ4v) is 2.46. The highest BCUT2D eigenvalue weighted by Crippen LogP contribution is 2.09. The lowest BCUT2D eigenvalue weighted by Gasteiger charge is -2.15. The Morgan fingerprint density at radius 2 is 1.16 bits per heavy atom. The van der Waals surface area contributed by atoms with Crippen LogP contribution in [0.5, 0.6) is 0 Å². The van der Waals surface area contributed by atoms with Crippen molar-refractivity contribution in [3.63, 3.8) is 0 Å². The quantitative estimate of drug-likeness (QED) is 0.144. The van der Waals surface area contributed by atoms with Crippen LogP contribution in [0.2, 0.25) is 0 Å². The third-order valence-electron chi connectivity index (χ3n) is 4.39. The summed E-state index contributed by atoms with van der Waals surface area (Å²) in [6.07, 6.45) is 5.03. The highest BCUT2D eigenvalue weighted by Gasteiger charge is 2.24. The number of hydrogen-bond acceptors (Lipinski definition) is 8. The van der Waals surface area contributed by atoms with Gasteiger partial charge in [-0.05, 0) is 26.7 Å². The monoisotopic (exact) mass is 442 g/mol. The van der Waals surface area contributed by atoms with E-state index in [9.17, 15) is 19.2 Å². The van der Waals surface area contributed by atoms with Crippen molar-refractivity contribution >= 4 is 23.9 Å². The summed E-state index contributed by atoms with van der Waals surface area (Å²) in [6, 6.07) is 0. The van der Waals surface area contributed by atoms with E-state index in [4.69, 9.17) is 18.9 Å². The molecular formula is C23H38O8. The number of unbranched alkanes of at least 4 members (excludes halogenated alkanes) is 6. The van der Waals surface area contributed by atoms with Crippen LogP contribution in [0.1, 0.15) is 85.5 Å². The molecule has 0 spiro atoms. The molecule has 0 aromatic carbocycles. The van der Waals surface area contributed by atoms with Gasteiger partial charge in [0.25, 0.3) is 0 Å². The van der Waals surface area contributed by atoms with Crippen molar-refractivity contribution in [1.29, 1.82) is 0 Å². The van der Waals surface area contributed by atoms with Gasteiger partial charge in [-0.25, -0.2) is 14.4 Å². The summed E-state index contributed by atoms with van der Waals surface area (Å²) in [7, 11) is 0. The van der Waals surface area contributed by atoms with E-state index >= 15 is 0 Å². The second-order valence-corrected chi connectivity index (χ2v) is 7.42. The molecule has 8 heteroatoms. The summed E-state index contributed by atoms with van der Waals surface area (Å²) in [4.78, 5) is 47.7. The molecule has 0 N–H and O–H groups in total. The fraction of sp³-hybridized carbons (Fsp3) is 0.739. The molecule has 0 saturated heterocycles. The van der Waals surface area contributed by atoms with Crippen LogP contribution in [0.4, 0.5) is 0 Å². The molecule has 0 saturated carbocycles. The fourth-order valence-electron chi connectivity index (χ4n) is 2.46. The van der Waals surface area contributed by atoms with Gasteiger partial charge in [0.05, 0.1) is 19.6 Å². The van der Waals surface area contributed by atoms with Gasteiger partial charge >= 0.3 is 23.9 Å². The largest absolute Gasteiger partial charge is 0.463 e. The number of carbonyl (C=O) groups is 4. The van der Waals surface area contributed by atoms with E-state index in [1.807, 2.05) is 0 Å². The van der Waals surface area contributed by atoms with E-state index in [0.717, 1.165) is 51.4 Å². The zero-order valence-electron chi connectivity index (χ0n) is 19.4. The zero-order valence-corrected chi connectivity index (χ0v) is 19.4. The molecule has 0 aliphatic carbocycles. The number of ether oxygens (including phenoxy) is 4. The lowest BCUT2D eigenvalue weighted by molar-refractivity contribution is -0.167. The smallest absolute Gasteiger partial charge is 0.347 e. The Labute approximate surface area is 185 Å². The third kappa shape index (κ3) is 14.3. The SMILES string of the molecule is C=C(CC(=O)OC(C)C(=O)OCCCCCC)C(=O)OC(C)C(=O)OCCCCCC. The Kier molecular flexibility index (Phi) is 16.0. The molecule has 0 aliphatic heterocycles. The molecular weight excluding hydrogens is 404 g/mol. The van der Waals surface area contributed by atoms with Crippen molar-refractivity contribution in [3.05, 3.63) is 12.2 Å². The van der Waals surface area contributed by atoms with Crippen LogP contribution in [0.25, 0.3) is 0 Å². The minimum atomic E-state index is -1.12. The van der Waals surface area contributed by atoms with Crippen molar-refractivity contribution in [1.82, 2.24) is 0 Å². The van der Waals surface area contributed by atoms with Crippen LogP contribution in [0, 0.1) is 0 Å². The van der Waals surface area contributed by atoms with Crippen molar-refractivity contribution in [2.24, 2.45) is 0 Å². The lowest BCUT2D eigenvalue weighted by atomic mass is 10.2. The first-order chi connectivity index (χ1) is 14.7. The molecule has 0 radical (unpaired) electrons. The van der Waals surface area contributed by atoms with Gasteiger partial charge in [0.1, 0.15) is 0 Å². The zero-order chi connectivity index (χ0) is 23.6. The maximum absolute atomic E-state index is 12.0. The van der Waals surface area contributed by atoms with Crippen molar-refractivity contribution in [2.75, 3.05) is 13.2 Å². The molecule has 0 heterocycles. The Balaban J connectivity index is 4.20. The highest BCUT2D eigenvalue weighted by atomic mass is 16.6. The normalized spacial score (nSPS) is 12.4. The molecule has 0 rings (SSSR count). The molecule has 2 unspecified atom stereocenters. The second kappa shape index (κ2) is 17.3. The molecule has 0 fully saturated rings. The highest BCUT2D eigenvalue weighted by molar-refractivity contribution is 5.95. The average Bonchev–Trinajstić information content (AvgIpc) is 2.72. The van der Waals surface area contributed by atoms with E-state index in [0.29, 0.717) is 0 Å². The van der Waals surface area contributed by atoms with E-state index < -0.39 is 42.5 Å². The van der Waals surface area contributed by atoms with Crippen molar-refractivity contribution in [2.45, 2.75) is 97.7 Å². The summed E-state index contributed by atoms with van der Waals surface area (Å²) < 4.78 is 20.1. The molecule has 0 amide bonds. The van der Waals surface area contributed by atoms with E-state index in [1.54, 1.807) is 0 Å². The van der Waals surface area contributed by atoms with Gasteiger partial charge in [-0.3, -0.25) is 4.79 Å². The Hall–Kier alpha value is -2.38. The summed E-state index contributed by atoms with van der Waals surface area (Å²) >= 11 is 0. The standard InChI is InChI=1S/C23H38O8/c1-6-8-10-12-14-28-22(26)18(4)30-20(24)16-17(3)21(25)31-19(5)23(27)29-15-13-11-9-7-2/h18-19H,3,6-16H2,1-2,4-5H3. The topological polar surface area (TPSA) is 105 Å². The molecule has 2 atom stereocenters. The average molecular weight is 443 g/mol. The number of esters is 4. The van der Waals surface area contributed by atoms with Crippen LogP contribution in [0.15, 0.2) is 12.2 Å². The second-order valence-electron chi connectivity index (χ2n) is 7.42. The van der Waals surface area contributed by atoms with E-state index in [-0.39, 0.29) is 18.8 Å². The first-order valence-corrected chi connectivity index (χ1v) is 11.1. The Morgan fingerprint density at radius 3 is 1.61 bits per heavy atom. The van der Waals surface area contributed by atoms with Gasteiger partial charge in [0.2, 0.25) is 0 Å². The molecule has 0 aliphatic rings. The van der Waals surface area contributed by atoms with Crippen molar-refractivity contribution in [3.8, 4) is 0 Å². The minimum Gasteiger partial charge on any atom is -0.463 e. The number of hydrogen-bond donors (Lipinski definition) is 0. The Bertz CT molecular complexity index is 584. The molecule has 0 aromatic rings. The van der Waals surface area contributed by atoms with E-state index in [2.05, 4.69) is 20.4 Å². The van der Waals surface area contributed by atoms with Gasteiger partial charge in [-0.2, -0.15) is 0 Å². The van der Waals surface area contributed by atoms with Gasteiger partial charge < -0.3 is 18.9 Å². The summed E-state index contributed by atoms with van der Waals surface area (Å²) in [5.41, 5.74) is -0.187. The first-order valence-electron chi connectivity index (χ1n) is 11.1. The lowest BCUT2D eigenvalue weighted by Crippen LogP contribution is -2.29. The Morgan fingerprint density at radius 1 is 0.710 bits per heavy atom. The number of rotatable bonds is 17. The van der Waals surface area contributed by atoms with Gasteiger partial charge in [0, 0.05) is 5.57 Å². The molecule has 8 nitrogen and oxygen atoms in total. The van der Waals surface area contributed by atoms with Crippen LogP contribution in [-0.4, -0.2) is 49.3 Å². The minimum absolute atomic E-state index is 0.187. The predicted molar refractivity (Wildman–Crippen MR) is 115 cm³/mol. The van der Waals surface area contributed by atoms with Crippen LogP contribution in [-0.2, 0) is 38.1 Å². The van der Waals surface area contributed by atoms with Gasteiger partial charge in [0.15, 0.2) is 12.2 Å². The molecule has 0 aromatic heterocycles. The van der Waals surface area contributed by atoms with Gasteiger partial charge in [-0.15, -0.1) is 0 Å². The molecule has 31 heavy (non-hydrogen) atoms. The number of carbonyl (C=O) groups excluding carboxylic acids is 4. The third-order valence-corrected chi connectivity index (χ3v) is 4.39. The first kappa shape index (κ1) is 28.6. The van der Waals surface area contributed by atoms with E-state index in [1.165, 1.54) is 13.8 Å². The maximum Gasteiger partial charge on any atom is 0.347 e. The summed E-state index contributed by atoms with van der Waals surface area (Å²) in [5.74, 6) is -3.02. The molecule has 178 valence electrons. The van der Waals surface area contributed by atoms with Gasteiger partial charge in [-0.1, -0.05) is 59.0 Å².